The first-order valence-corrected chi connectivity index (χ1v) is 11.4. The molecule has 0 aromatic heterocycles. The molecule has 3 rings (SSSR count). The van der Waals surface area contributed by atoms with Crippen molar-refractivity contribution in [3.63, 3.8) is 0 Å². The van der Waals surface area contributed by atoms with Crippen molar-refractivity contribution in [1.29, 1.82) is 0 Å². The summed E-state index contributed by atoms with van der Waals surface area (Å²) in [6.45, 7) is 5.83. The van der Waals surface area contributed by atoms with Gasteiger partial charge in [-0.1, -0.05) is 56.3 Å². The zero-order chi connectivity index (χ0) is 23.7. The van der Waals surface area contributed by atoms with E-state index in [1.165, 1.54) is 0 Å². The van der Waals surface area contributed by atoms with Crippen molar-refractivity contribution in [2.75, 3.05) is 19.6 Å². The van der Waals surface area contributed by atoms with Crippen molar-refractivity contribution in [2.24, 2.45) is 5.41 Å². The Bertz CT molecular complexity index is 891. The molecule has 1 aliphatic heterocycles. The minimum atomic E-state index is -0.482. The first kappa shape index (κ1) is 24.6. The van der Waals surface area contributed by atoms with E-state index >= 15 is 0 Å². The van der Waals surface area contributed by atoms with E-state index < -0.39 is 6.09 Å². The van der Waals surface area contributed by atoms with E-state index in [0.717, 1.165) is 29.7 Å². The number of hydrogen-bond acceptors (Lipinski definition) is 5. The van der Waals surface area contributed by atoms with Crippen molar-refractivity contribution in [2.45, 2.75) is 52.4 Å². The van der Waals surface area contributed by atoms with Crippen molar-refractivity contribution < 1.29 is 24.2 Å². The second-order valence-corrected chi connectivity index (χ2v) is 9.26. The molecule has 1 saturated heterocycles. The van der Waals surface area contributed by atoms with Crippen molar-refractivity contribution in [3.05, 3.63) is 65.7 Å². The van der Waals surface area contributed by atoms with Gasteiger partial charge in [-0.15, -0.1) is 0 Å². The molecule has 0 saturated carbocycles. The Hall–Kier alpha value is -3.06. The fourth-order valence-corrected chi connectivity index (χ4v) is 3.76. The molecule has 0 aliphatic carbocycles. The number of piperidine rings is 1. The number of hydrogen-bond donors (Lipinski definition) is 2. The van der Waals surface area contributed by atoms with Crippen LogP contribution >= 0.6 is 0 Å². The number of benzene rings is 2. The van der Waals surface area contributed by atoms with Crippen LogP contribution in [-0.2, 0) is 22.7 Å². The Morgan fingerprint density at radius 3 is 2.33 bits per heavy atom. The first-order valence-electron chi connectivity index (χ1n) is 11.4. The van der Waals surface area contributed by atoms with Crippen molar-refractivity contribution >= 4 is 12.0 Å². The van der Waals surface area contributed by atoms with Crippen LogP contribution in [0.4, 0.5) is 4.79 Å². The number of nitrogens with zero attached hydrogens (tertiary/aromatic N) is 1. The van der Waals surface area contributed by atoms with Gasteiger partial charge in [0, 0.05) is 38.9 Å². The predicted molar refractivity (Wildman–Crippen MR) is 126 cm³/mol. The summed E-state index contributed by atoms with van der Waals surface area (Å²) in [4.78, 5) is 26.7. The second kappa shape index (κ2) is 11.7. The lowest BCUT2D eigenvalue weighted by molar-refractivity contribution is -0.135. The van der Waals surface area contributed by atoms with Gasteiger partial charge in [-0.25, -0.2) is 4.79 Å². The molecule has 33 heavy (non-hydrogen) atoms. The van der Waals surface area contributed by atoms with Crippen LogP contribution in [0.25, 0.3) is 0 Å². The SMILES string of the molecule is CC(C)(CNC(=O)OCc1ccccc1)CC(=O)N1CCC(Oc2ccc(CO)cc2)CC1. The summed E-state index contributed by atoms with van der Waals surface area (Å²) < 4.78 is 11.3. The highest BCUT2D eigenvalue weighted by molar-refractivity contribution is 5.77. The number of aliphatic hydroxyl groups is 1. The monoisotopic (exact) mass is 454 g/mol. The fourth-order valence-electron chi connectivity index (χ4n) is 3.76. The van der Waals surface area contributed by atoms with Gasteiger partial charge in [0.15, 0.2) is 0 Å². The van der Waals surface area contributed by atoms with Crippen LogP contribution in [0.3, 0.4) is 0 Å². The second-order valence-electron chi connectivity index (χ2n) is 9.26. The van der Waals surface area contributed by atoms with Crippen LogP contribution in [-0.4, -0.2) is 47.7 Å². The highest BCUT2D eigenvalue weighted by Crippen LogP contribution is 2.24. The van der Waals surface area contributed by atoms with E-state index in [1.807, 2.05) is 73.3 Å². The number of carbonyl (C=O) groups is 2. The van der Waals surface area contributed by atoms with E-state index in [1.54, 1.807) is 0 Å². The molecule has 2 aromatic carbocycles. The molecule has 1 aliphatic rings. The Labute approximate surface area is 195 Å². The van der Waals surface area contributed by atoms with Crippen molar-refractivity contribution in [3.8, 4) is 5.75 Å². The van der Waals surface area contributed by atoms with E-state index in [4.69, 9.17) is 14.6 Å². The van der Waals surface area contributed by atoms with Gasteiger partial charge in [0.05, 0.1) is 6.61 Å². The summed E-state index contributed by atoms with van der Waals surface area (Å²) in [5, 5.41) is 11.9. The largest absolute Gasteiger partial charge is 0.490 e. The van der Waals surface area contributed by atoms with Gasteiger partial charge in [-0.2, -0.15) is 0 Å². The molecular weight excluding hydrogens is 420 g/mol. The number of amides is 2. The molecule has 0 atom stereocenters. The Balaban J connectivity index is 1.36. The van der Waals surface area contributed by atoms with Gasteiger partial charge in [0.1, 0.15) is 18.5 Å². The van der Waals surface area contributed by atoms with Crippen LogP contribution in [0.1, 0.15) is 44.2 Å². The van der Waals surface area contributed by atoms with Crippen LogP contribution in [0, 0.1) is 5.41 Å². The lowest BCUT2D eigenvalue weighted by Gasteiger charge is -2.34. The topological polar surface area (TPSA) is 88.1 Å². The fraction of sp³-hybridized carbons (Fsp3) is 0.462. The molecule has 0 spiro atoms. The van der Waals surface area contributed by atoms with Gasteiger partial charge in [-0.3, -0.25) is 4.79 Å². The van der Waals surface area contributed by atoms with Gasteiger partial charge < -0.3 is 24.8 Å². The maximum Gasteiger partial charge on any atom is 0.407 e. The molecule has 178 valence electrons. The molecule has 2 aromatic rings. The lowest BCUT2D eigenvalue weighted by Crippen LogP contribution is -2.44. The number of rotatable bonds is 9. The van der Waals surface area contributed by atoms with E-state index in [9.17, 15) is 9.59 Å². The molecule has 7 nitrogen and oxygen atoms in total. The molecule has 1 fully saturated rings. The molecule has 2 amide bonds. The summed E-state index contributed by atoms with van der Waals surface area (Å²) in [5.74, 6) is 0.869. The molecular formula is C26H34N2O5. The third-order valence-corrected chi connectivity index (χ3v) is 5.76. The third kappa shape index (κ3) is 8.09. The summed E-state index contributed by atoms with van der Waals surface area (Å²) in [6, 6.07) is 16.9. The van der Waals surface area contributed by atoms with E-state index in [-0.39, 0.29) is 30.6 Å². The summed E-state index contributed by atoms with van der Waals surface area (Å²) >= 11 is 0. The van der Waals surface area contributed by atoms with Gasteiger partial charge >= 0.3 is 6.09 Å². The summed E-state index contributed by atoms with van der Waals surface area (Å²) in [7, 11) is 0. The van der Waals surface area contributed by atoms with Gasteiger partial charge in [0.25, 0.3) is 0 Å². The molecule has 2 N–H and O–H groups in total. The molecule has 0 bridgehead atoms. The molecule has 1 heterocycles. The van der Waals surface area contributed by atoms with E-state index in [0.29, 0.717) is 26.1 Å². The van der Waals surface area contributed by atoms with Crippen LogP contribution in [0.2, 0.25) is 0 Å². The maximum atomic E-state index is 12.8. The van der Waals surface area contributed by atoms with E-state index in [2.05, 4.69) is 5.32 Å². The number of likely N-dealkylation sites (tertiary alicyclic amines) is 1. The summed E-state index contributed by atoms with van der Waals surface area (Å²) in [5.41, 5.74) is 1.39. The zero-order valence-corrected chi connectivity index (χ0v) is 19.5. The van der Waals surface area contributed by atoms with Crippen LogP contribution in [0.15, 0.2) is 54.6 Å². The minimum Gasteiger partial charge on any atom is -0.490 e. The Kier molecular flexibility index (Phi) is 8.72. The zero-order valence-electron chi connectivity index (χ0n) is 19.5. The molecule has 7 heteroatoms. The minimum absolute atomic E-state index is 0.0154. The first-order chi connectivity index (χ1) is 15.8. The lowest BCUT2D eigenvalue weighted by atomic mass is 9.88. The number of alkyl carbamates (subject to hydrolysis) is 1. The summed E-state index contributed by atoms with van der Waals surface area (Å²) in [6.07, 6.45) is 1.49. The highest BCUT2D eigenvalue weighted by Gasteiger charge is 2.29. The average Bonchev–Trinajstić information content (AvgIpc) is 2.83. The molecule has 0 radical (unpaired) electrons. The number of aliphatic hydroxyl groups excluding tert-OH is 1. The Morgan fingerprint density at radius 1 is 1.03 bits per heavy atom. The quantitative estimate of drug-likeness (QED) is 0.600. The molecule has 0 unspecified atom stereocenters. The third-order valence-electron chi connectivity index (χ3n) is 5.76. The standard InChI is InChI=1S/C26H34N2O5/c1-26(2,19-27-25(31)32-18-21-6-4-3-5-7-21)16-24(30)28-14-12-23(13-15-28)33-22-10-8-20(17-29)9-11-22/h3-11,23,29H,12-19H2,1-2H3,(H,27,31). The number of ether oxygens (including phenoxy) is 2. The maximum absolute atomic E-state index is 12.8. The number of carbonyl (C=O) groups excluding carboxylic acids is 2. The Morgan fingerprint density at radius 2 is 1.70 bits per heavy atom. The van der Waals surface area contributed by atoms with Crippen molar-refractivity contribution in [1.82, 2.24) is 10.2 Å². The highest BCUT2D eigenvalue weighted by atomic mass is 16.5. The average molecular weight is 455 g/mol. The number of nitrogens with one attached hydrogen (secondary N) is 1. The normalized spacial score (nSPS) is 14.6. The smallest absolute Gasteiger partial charge is 0.407 e. The van der Waals surface area contributed by atoms with Gasteiger partial charge in [-0.05, 0) is 28.7 Å². The van der Waals surface area contributed by atoms with Crippen LogP contribution < -0.4 is 10.1 Å². The predicted octanol–water partition coefficient (Wildman–Crippen LogP) is 3.89. The van der Waals surface area contributed by atoms with Crippen LogP contribution in [0.5, 0.6) is 5.75 Å². The van der Waals surface area contributed by atoms with Gasteiger partial charge in [0.2, 0.25) is 5.91 Å².